The van der Waals surface area contributed by atoms with Crippen molar-refractivity contribution in [1.29, 1.82) is 0 Å². The molecule has 0 aliphatic heterocycles. The SMILES string of the molecule is Nc1ncc(C(=O)NO)s1. The fraction of sp³-hybridized carbons (Fsp3) is 0. The topological polar surface area (TPSA) is 88.2 Å². The molecule has 0 saturated heterocycles. The van der Waals surface area contributed by atoms with Gasteiger partial charge in [0.05, 0.1) is 6.20 Å². The Morgan fingerprint density at radius 1 is 1.90 bits per heavy atom. The van der Waals surface area contributed by atoms with Crippen LogP contribution in [-0.4, -0.2) is 16.1 Å². The average Bonchev–Trinajstić information content (AvgIpc) is 2.34. The number of amides is 1. The van der Waals surface area contributed by atoms with E-state index in [1.165, 1.54) is 11.7 Å². The lowest BCUT2D eigenvalue weighted by Gasteiger charge is -1.88. The van der Waals surface area contributed by atoms with Crippen molar-refractivity contribution in [1.82, 2.24) is 10.5 Å². The van der Waals surface area contributed by atoms with Crippen LogP contribution in [0.4, 0.5) is 5.13 Å². The second-order valence-electron chi connectivity index (χ2n) is 1.50. The molecule has 54 valence electrons. The highest BCUT2D eigenvalue weighted by molar-refractivity contribution is 7.17. The molecule has 0 saturated carbocycles. The molecule has 5 nitrogen and oxygen atoms in total. The molecule has 0 fully saturated rings. The first-order valence-electron chi connectivity index (χ1n) is 2.40. The maximum atomic E-state index is 10.6. The highest BCUT2D eigenvalue weighted by atomic mass is 32.1. The minimum atomic E-state index is -0.589. The Morgan fingerprint density at radius 2 is 2.60 bits per heavy atom. The number of carbonyl (C=O) groups is 1. The summed E-state index contributed by atoms with van der Waals surface area (Å²) in [5, 5.41) is 8.44. The van der Waals surface area contributed by atoms with E-state index in [0.717, 1.165) is 11.3 Å². The predicted molar refractivity (Wildman–Crippen MR) is 35.8 cm³/mol. The lowest BCUT2D eigenvalue weighted by Crippen LogP contribution is -2.16. The van der Waals surface area contributed by atoms with Crippen molar-refractivity contribution >= 4 is 22.4 Å². The molecule has 1 aromatic rings. The highest BCUT2D eigenvalue weighted by Gasteiger charge is 2.06. The summed E-state index contributed by atoms with van der Waals surface area (Å²) in [6.07, 6.45) is 1.30. The first kappa shape index (κ1) is 6.97. The molecule has 4 N–H and O–H groups in total. The molecule has 6 heteroatoms. The quantitative estimate of drug-likeness (QED) is 0.392. The van der Waals surface area contributed by atoms with E-state index in [1.807, 2.05) is 0 Å². The van der Waals surface area contributed by atoms with E-state index in [1.54, 1.807) is 0 Å². The van der Waals surface area contributed by atoms with Crippen LogP contribution in [0.5, 0.6) is 0 Å². The number of nitrogens with one attached hydrogen (secondary N) is 1. The third kappa shape index (κ3) is 1.23. The highest BCUT2D eigenvalue weighted by Crippen LogP contribution is 2.13. The monoisotopic (exact) mass is 159 g/mol. The van der Waals surface area contributed by atoms with E-state index in [-0.39, 0.29) is 0 Å². The molecular weight excluding hydrogens is 154 g/mol. The van der Waals surface area contributed by atoms with Crippen LogP contribution in [0.25, 0.3) is 0 Å². The van der Waals surface area contributed by atoms with Gasteiger partial charge >= 0.3 is 0 Å². The number of carbonyl (C=O) groups excluding carboxylic acids is 1. The Labute approximate surface area is 60.5 Å². The maximum Gasteiger partial charge on any atom is 0.286 e. The molecule has 1 amide bonds. The summed E-state index contributed by atoms with van der Waals surface area (Å²) in [5.74, 6) is -0.589. The number of aromatic nitrogens is 1. The Hall–Kier alpha value is -1.14. The summed E-state index contributed by atoms with van der Waals surface area (Å²) >= 11 is 1.02. The summed E-state index contributed by atoms with van der Waals surface area (Å²) in [6.45, 7) is 0. The van der Waals surface area contributed by atoms with Crippen LogP contribution in [0.1, 0.15) is 9.67 Å². The van der Waals surface area contributed by atoms with E-state index in [0.29, 0.717) is 10.0 Å². The lowest BCUT2D eigenvalue weighted by atomic mass is 10.5. The van der Waals surface area contributed by atoms with Crippen molar-refractivity contribution in [2.75, 3.05) is 5.73 Å². The van der Waals surface area contributed by atoms with Gasteiger partial charge in [0, 0.05) is 0 Å². The van der Waals surface area contributed by atoms with Gasteiger partial charge in [-0.25, -0.2) is 10.5 Å². The fourth-order valence-corrected chi connectivity index (χ4v) is 1.02. The number of rotatable bonds is 1. The van der Waals surface area contributed by atoms with Gasteiger partial charge in [0.1, 0.15) is 4.88 Å². The van der Waals surface area contributed by atoms with Crippen molar-refractivity contribution in [3.63, 3.8) is 0 Å². The zero-order valence-electron chi connectivity index (χ0n) is 4.87. The average molecular weight is 159 g/mol. The molecule has 1 heterocycles. The van der Waals surface area contributed by atoms with Crippen LogP contribution >= 0.6 is 11.3 Å². The van der Waals surface area contributed by atoms with Crippen LogP contribution in [0, 0.1) is 0 Å². The van der Waals surface area contributed by atoms with E-state index in [4.69, 9.17) is 10.9 Å². The molecule has 10 heavy (non-hydrogen) atoms. The molecule has 0 aromatic carbocycles. The van der Waals surface area contributed by atoms with Crippen molar-refractivity contribution in [2.45, 2.75) is 0 Å². The Kier molecular flexibility index (Phi) is 1.83. The van der Waals surface area contributed by atoms with E-state index >= 15 is 0 Å². The smallest absolute Gasteiger partial charge is 0.286 e. The molecule has 0 radical (unpaired) electrons. The van der Waals surface area contributed by atoms with Crippen LogP contribution in [-0.2, 0) is 0 Å². The standard InChI is InChI=1S/C4H5N3O2S/c5-4-6-1-2(10-4)3(8)7-9/h1,9H,(H2,5,6)(H,7,8). The van der Waals surface area contributed by atoms with Crippen LogP contribution in [0.3, 0.4) is 0 Å². The van der Waals surface area contributed by atoms with Crippen molar-refractivity contribution in [2.24, 2.45) is 0 Å². The van der Waals surface area contributed by atoms with Crippen molar-refractivity contribution in [3.8, 4) is 0 Å². The van der Waals surface area contributed by atoms with Gasteiger partial charge in [-0.1, -0.05) is 11.3 Å². The van der Waals surface area contributed by atoms with Gasteiger partial charge in [0.25, 0.3) is 5.91 Å². The molecule has 0 aliphatic rings. The van der Waals surface area contributed by atoms with Gasteiger partial charge in [0.15, 0.2) is 5.13 Å². The second-order valence-corrected chi connectivity index (χ2v) is 2.57. The van der Waals surface area contributed by atoms with Gasteiger partial charge in [-0.05, 0) is 0 Å². The number of hydrogen-bond donors (Lipinski definition) is 3. The Morgan fingerprint density at radius 3 is 3.00 bits per heavy atom. The molecule has 0 spiro atoms. The van der Waals surface area contributed by atoms with Crippen molar-refractivity contribution < 1.29 is 10.0 Å². The molecule has 0 atom stereocenters. The molecular formula is C4H5N3O2S. The molecule has 0 bridgehead atoms. The first-order chi connectivity index (χ1) is 4.74. The zero-order valence-corrected chi connectivity index (χ0v) is 5.68. The number of nitrogens with two attached hydrogens (primary N) is 1. The number of hydroxylamine groups is 1. The summed E-state index contributed by atoms with van der Waals surface area (Å²) in [5.41, 5.74) is 6.69. The van der Waals surface area contributed by atoms with Crippen LogP contribution < -0.4 is 11.2 Å². The summed E-state index contributed by atoms with van der Waals surface area (Å²) in [7, 11) is 0. The van der Waals surface area contributed by atoms with Crippen LogP contribution in [0.15, 0.2) is 6.20 Å². The third-order valence-corrected chi connectivity index (χ3v) is 1.67. The fourth-order valence-electron chi connectivity index (χ4n) is 0.448. The number of nitrogen functional groups attached to an aromatic ring is 1. The van der Waals surface area contributed by atoms with Gasteiger partial charge < -0.3 is 5.73 Å². The van der Waals surface area contributed by atoms with Gasteiger partial charge in [0.2, 0.25) is 0 Å². The predicted octanol–water partition coefficient (Wildman–Crippen LogP) is -0.156. The van der Waals surface area contributed by atoms with Crippen molar-refractivity contribution in [3.05, 3.63) is 11.1 Å². The largest absolute Gasteiger partial charge is 0.375 e. The minimum absolute atomic E-state index is 0.292. The second kappa shape index (κ2) is 2.63. The van der Waals surface area contributed by atoms with E-state index in [9.17, 15) is 4.79 Å². The van der Waals surface area contributed by atoms with Gasteiger partial charge in [-0.2, -0.15) is 0 Å². The normalized spacial score (nSPS) is 9.30. The molecule has 1 aromatic heterocycles. The molecule has 0 unspecified atom stereocenters. The third-order valence-electron chi connectivity index (χ3n) is 0.849. The number of anilines is 1. The van der Waals surface area contributed by atoms with Gasteiger partial charge in [-0.3, -0.25) is 10.0 Å². The first-order valence-corrected chi connectivity index (χ1v) is 3.21. The summed E-state index contributed by atoms with van der Waals surface area (Å²) in [6, 6.07) is 0. The van der Waals surface area contributed by atoms with E-state index in [2.05, 4.69) is 4.98 Å². The number of thiazole rings is 1. The van der Waals surface area contributed by atoms with E-state index < -0.39 is 5.91 Å². The molecule has 1 rings (SSSR count). The van der Waals surface area contributed by atoms with Gasteiger partial charge in [-0.15, -0.1) is 0 Å². The maximum absolute atomic E-state index is 10.6. The number of nitrogens with zero attached hydrogens (tertiary/aromatic N) is 1. The molecule has 0 aliphatic carbocycles. The Balaban J connectivity index is 2.85. The zero-order chi connectivity index (χ0) is 7.56. The summed E-state index contributed by atoms with van der Waals surface area (Å²) < 4.78 is 0. The summed E-state index contributed by atoms with van der Waals surface area (Å²) in [4.78, 5) is 14.5. The minimum Gasteiger partial charge on any atom is -0.375 e. The van der Waals surface area contributed by atoms with Crippen LogP contribution in [0.2, 0.25) is 0 Å². The lowest BCUT2D eigenvalue weighted by molar-refractivity contribution is 0.0711. The number of hydrogen-bond acceptors (Lipinski definition) is 5. The Bertz CT molecular complexity index is 246.